The number of fused-ring (bicyclic) bond motifs is 1. The Morgan fingerprint density at radius 3 is 2.69 bits per heavy atom. The minimum Gasteiger partial charge on any atom is -0.461 e. The first-order valence-electron chi connectivity index (χ1n) is 8.48. The summed E-state index contributed by atoms with van der Waals surface area (Å²) in [7, 11) is 0. The first kappa shape index (κ1) is 19.2. The van der Waals surface area contributed by atoms with Crippen molar-refractivity contribution in [1.82, 2.24) is 5.09 Å². The van der Waals surface area contributed by atoms with Crippen LogP contribution in [0.25, 0.3) is 10.8 Å². The Bertz CT molecular complexity index is 819. The average Bonchev–Trinajstić information content (AvgIpc) is 2.62. The molecule has 3 rings (SSSR count). The Labute approximate surface area is 157 Å². The summed E-state index contributed by atoms with van der Waals surface area (Å²) in [5.41, 5.74) is 0. The molecule has 0 bridgehead atoms. The molecule has 0 saturated carbocycles. The van der Waals surface area contributed by atoms with Gasteiger partial charge in [0.05, 0.1) is 13.2 Å². The van der Waals surface area contributed by atoms with Gasteiger partial charge in [-0.15, -0.1) is 0 Å². The standard InChI is InChI=1S/C18H21ClNO5P/c1-13(18(21)24-15-9-11-23-12-10-15)20-26(19,22)25-17-8-4-6-14-5-2-3-7-16(14)17/h2-8,13,15H,9-12H2,1H3,(H,20,22). The van der Waals surface area contributed by atoms with Gasteiger partial charge in [-0.2, -0.15) is 0 Å². The molecule has 2 aromatic carbocycles. The second-order valence-corrected chi connectivity index (χ2v) is 8.88. The van der Waals surface area contributed by atoms with E-state index in [-0.39, 0.29) is 6.10 Å². The lowest BCUT2D eigenvalue weighted by molar-refractivity contribution is -0.154. The first-order chi connectivity index (χ1) is 12.4. The van der Waals surface area contributed by atoms with Crippen LogP contribution in [0, 0.1) is 0 Å². The van der Waals surface area contributed by atoms with Gasteiger partial charge in [-0.25, -0.2) is 9.65 Å². The maximum absolute atomic E-state index is 12.6. The normalized spacial score (nSPS) is 18.8. The SMILES string of the molecule is CC(NP(=O)(Cl)Oc1cccc2ccccc12)C(=O)OC1CCOCC1. The maximum Gasteiger partial charge on any atom is 0.409 e. The first-order valence-corrected chi connectivity index (χ1v) is 11.0. The van der Waals surface area contributed by atoms with E-state index in [9.17, 15) is 9.36 Å². The predicted molar refractivity (Wildman–Crippen MR) is 101 cm³/mol. The number of rotatable bonds is 6. The van der Waals surface area contributed by atoms with Crippen LogP contribution in [0.1, 0.15) is 19.8 Å². The predicted octanol–water partition coefficient (Wildman–Crippen LogP) is 4.27. The lowest BCUT2D eigenvalue weighted by Gasteiger charge is -2.25. The Hall–Kier alpha value is -1.59. The number of carbonyl (C=O) groups is 1. The molecule has 0 amide bonds. The highest BCUT2D eigenvalue weighted by Crippen LogP contribution is 2.50. The third-order valence-corrected chi connectivity index (χ3v) is 5.74. The molecular formula is C18H21ClNO5P. The lowest BCUT2D eigenvalue weighted by Crippen LogP contribution is -2.37. The number of hydrogen-bond acceptors (Lipinski definition) is 5. The minimum atomic E-state index is -3.79. The van der Waals surface area contributed by atoms with E-state index in [2.05, 4.69) is 5.09 Å². The number of benzene rings is 2. The zero-order valence-corrected chi connectivity index (χ0v) is 16.0. The Morgan fingerprint density at radius 2 is 1.92 bits per heavy atom. The summed E-state index contributed by atoms with van der Waals surface area (Å²) in [6.07, 6.45) is 1.13. The van der Waals surface area contributed by atoms with Gasteiger partial charge >= 0.3 is 12.8 Å². The number of nitrogens with one attached hydrogen (secondary N) is 1. The van der Waals surface area contributed by atoms with Crippen molar-refractivity contribution in [2.24, 2.45) is 0 Å². The summed E-state index contributed by atoms with van der Waals surface area (Å²) in [6, 6.07) is 12.1. The molecule has 1 fully saturated rings. The Balaban J connectivity index is 1.64. The van der Waals surface area contributed by atoms with Crippen LogP contribution < -0.4 is 9.61 Å². The monoisotopic (exact) mass is 397 g/mol. The number of hydrogen-bond donors (Lipinski definition) is 1. The summed E-state index contributed by atoms with van der Waals surface area (Å²) < 4.78 is 28.8. The molecular weight excluding hydrogens is 377 g/mol. The van der Waals surface area contributed by atoms with E-state index in [0.717, 1.165) is 10.8 Å². The quantitative estimate of drug-likeness (QED) is 0.579. The van der Waals surface area contributed by atoms with Gasteiger partial charge in [0.1, 0.15) is 17.9 Å². The molecule has 2 aromatic rings. The molecule has 8 heteroatoms. The van der Waals surface area contributed by atoms with Gasteiger partial charge in [0, 0.05) is 29.5 Å². The average molecular weight is 398 g/mol. The molecule has 26 heavy (non-hydrogen) atoms. The van der Waals surface area contributed by atoms with E-state index in [1.165, 1.54) is 0 Å². The second-order valence-electron chi connectivity index (χ2n) is 6.15. The number of ether oxygens (including phenoxy) is 2. The fourth-order valence-corrected chi connectivity index (χ4v) is 4.47. The van der Waals surface area contributed by atoms with Crippen LogP contribution in [0.4, 0.5) is 0 Å². The summed E-state index contributed by atoms with van der Waals surface area (Å²) in [5, 5.41) is 4.28. The van der Waals surface area contributed by atoms with Crippen LogP contribution in [-0.4, -0.2) is 31.3 Å². The molecule has 140 valence electrons. The van der Waals surface area contributed by atoms with E-state index in [4.69, 9.17) is 25.2 Å². The van der Waals surface area contributed by atoms with Crippen LogP contribution >= 0.6 is 18.1 Å². The van der Waals surface area contributed by atoms with Crippen molar-refractivity contribution in [2.75, 3.05) is 13.2 Å². The van der Waals surface area contributed by atoms with Crippen LogP contribution in [0.15, 0.2) is 42.5 Å². The van der Waals surface area contributed by atoms with Gasteiger partial charge in [-0.05, 0) is 18.4 Å². The molecule has 0 spiro atoms. The van der Waals surface area contributed by atoms with Gasteiger partial charge < -0.3 is 14.0 Å². The van der Waals surface area contributed by atoms with E-state index in [1.807, 2.05) is 30.3 Å². The zero-order chi connectivity index (χ0) is 18.6. The second kappa shape index (κ2) is 8.40. The molecule has 2 unspecified atom stereocenters. The van der Waals surface area contributed by atoms with Gasteiger partial charge in [-0.3, -0.25) is 4.79 Å². The maximum atomic E-state index is 12.6. The highest BCUT2D eigenvalue weighted by Gasteiger charge is 2.30. The third kappa shape index (κ3) is 4.98. The van der Waals surface area contributed by atoms with Gasteiger partial charge in [0.15, 0.2) is 0 Å². The van der Waals surface area contributed by atoms with Crippen molar-refractivity contribution in [3.63, 3.8) is 0 Å². The molecule has 1 N–H and O–H groups in total. The van der Waals surface area contributed by atoms with Gasteiger partial charge in [0.2, 0.25) is 0 Å². The van der Waals surface area contributed by atoms with Crippen molar-refractivity contribution in [3.05, 3.63) is 42.5 Å². The van der Waals surface area contributed by atoms with E-state index in [1.54, 1.807) is 19.1 Å². The smallest absolute Gasteiger partial charge is 0.409 e. The van der Waals surface area contributed by atoms with Crippen LogP contribution in [0.2, 0.25) is 0 Å². The van der Waals surface area contributed by atoms with Gasteiger partial charge in [-0.1, -0.05) is 36.4 Å². The Morgan fingerprint density at radius 1 is 1.23 bits per heavy atom. The van der Waals surface area contributed by atoms with Gasteiger partial charge in [0.25, 0.3) is 0 Å². The fourth-order valence-electron chi connectivity index (χ4n) is 2.77. The zero-order valence-electron chi connectivity index (χ0n) is 14.4. The van der Waals surface area contributed by atoms with E-state index in [0.29, 0.717) is 31.8 Å². The van der Waals surface area contributed by atoms with E-state index >= 15 is 0 Å². The molecule has 1 heterocycles. The number of esters is 1. The molecule has 2 atom stereocenters. The summed E-state index contributed by atoms with van der Waals surface area (Å²) in [5.74, 6) is -0.127. The molecule has 1 aliphatic rings. The summed E-state index contributed by atoms with van der Waals surface area (Å²) >= 11 is 6.05. The lowest BCUT2D eigenvalue weighted by atomic mass is 10.1. The summed E-state index contributed by atoms with van der Waals surface area (Å²) in [6.45, 7) is -1.11. The van der Waals surface area contributed by atoms with Crippen molar-refractivity contribution in [2.45, 2.75) is 31.9 Å². The van der Waals surface area contributed by atoms with Crippen molar-refractivity contribution in [1.29, 1.82) is 0 Å². The molecule has 0 radical (unpaired) electrons. The van der Waals surface area contributed by atoms with Crippen LogP contribution in [0.3, 0.4) is 0 Å². The van der Waals surface area contributed by atoms with Crippen LogP contribution in [-0.2, 0) is 18.8 Å². The molecule has 0 aromatic heterocycles. The number of carbonyl (C=O) groups excluding carboxylic acids is 1. The minimum absolute atomic E-state index is 0.186. The molecule has 1 aliphatic heterocycles. The topological polar surface area (TPSA) is 73.9 Å². The number of halogens is 1. The fraction of sp³-hybridized carbons (Fsp3) is 0.389. The Kier molecular flexibility index (Phi) is 6.20. The molecule has 0 aliphatic carbocycles. The van der Waals surface area contributed by atoms with E-state index < -0.39 is 18.9 Å². The van der Waals surface area contributed by atoms with Crippen molar-refractivity contribution in [3.8, 4) is 5.75 Å². The van der Waals surface area contributed by atoms with Crippen molar-refractivity contribution >= 4 is 34.9 Å². The third-order valence-electron chi connectivity index (χ3n) is 4.12. The summed E-state index contributed by atoms with van der Waals surface area (Å²) in [4.78, 5) is 12.2. The molecule has 6 nitrogen and oxygen atoms in total. The largest absolute Gasteiger partial charge is 0.461 e. The van der Waals surface area contributed by atoms with Crippen molar-refractivity contribution < 1.29 is 23.4 Å². The van der Waals surface area contributed by atoms with Crippen LogP contribution in [0.5, 0.6) is 5.75 Å². The highest BCUT2D eigenvalue weighted by atomic mass is 35.7. The highest BCUT2D eigenvalue weighted by molar-refractivity contribution is 7.84. The molecule has 1 saturated heterocycles.